The first-order valence-electron chi connectivity index (χ1n) is 2.92. The van der Waals surface area contributed by atoms with E-state index in [1.54, 1.807) is 0 Å². The highest BCUT2D eigenvalue weighted by Gasteiger charge is 2.19. The summed E-state index contributed by atoms with van der Waals surface area (Å²) in [5.74, 6) is 0. The average Bonchev–Trinajstić information content (AvgIpc) is 2.07. The number of benzene rings is 1. The van der Waals surface area contributed by atoms with E-state index in [-0.39, 0.29) is 20.2 Å². The Labute approximate surface area is 100 Å². The van der Waals surface area contributed by atoms with Crippen LogP contribution in [0.3, 0.4) is 0 Å². The predicted octanol–water partition coefficient (Wildman–Crippen LogP) is 4.43. The van der Waals surface area contributed by atoms with Gasteiger partial charge in [0, 0.05) is 6.07 Å². The zero-order valence-corrected chi connectivity index (χ0v) is 10.5. The standard InChI is InChI=1S/C6HBr2Cl2NO2/c7-4-3(11(12)13)1-2(9)6(10)5(4)8/h1H. The molecular weight excluding hydrogens is 349 g/mol. The largest absolute Gasteiger partial charge is 0.286 e. The summed E-state index contributed by atoms with van der Waals surface area (Å²) in [5.41, 5.74) is -0.124. The number of nitro benzene ring substituents is 1. The summed E-state index contributed by atoms with van der Waals surface area (Å²) < 4.78 is 0.667. The van der Waals surface area contributed by atoms with E-state index in [0.29, 0.717) is 4.47 Å². The quantitative estimate of drug-likeness (QED) is 0.326. The van der Waals surface area contributed by atoms with Crippen molar-refractivity contribution in [1.29, 1.82) is 0 Å². The molecule has 0 radical (unpaired) electrons. The lowest BCUT2D eigenvalue weighted by Gasteiger charge is -2.02. The molecule has 13 heavy (non-hydrogen) atoms. The zero-order chi connectivity index (χ0) is 10.2. The minimum absolute atomic E-state index is 0.124. The van der Waals surface area contributed by atoms with Gasteiger partial charge in [-0.2, -0.15) is 0 Å². The van der Waals surface area contributed by atoms with Gasteiger partial charge in [0.1, 0.15) is 4.47 Å². The molecule has 0 atom stereocenters. The maximum absolute atomic E-state index is 10.5. The molecule has 0 aromatic heterocycles. The second-order valence-electron chi connectivity index (χ2n) is 2.08. The lowest BCUT2D eigenvalue weighted by Crippen LogP contribution is -1.90. The maximum Gasteiger partial charge on any atom is 0.286 e. The van der Waals surface area contributed by atoms with Gasteiger partial charge in [0.2, 0.25) is 0 Å². The van der Waals surface area contributed by atoms with Crippen LogP contribution >= 0.6 is 55.1 Å². The number of nitrogens with zero attached hydrogens (tertiary/aromatic N) is 1. The molecule has 0 aliphatic heterocycles. The topological polar surface area (TPSA) is 43.1 Å². The van der Waals surface area contributed by atoms with E-state index in [1.165, 1.54) is 6.07 Å². The van der Waals surface area contributed by atoms with Crippen molar-refractivity contribution in [3.05, 3.63) is 35.2 Å². The molecule has 0 N–H and O–H groups in total. The van der Waals surface area contributed by atoms with Crippen molar-refractivity contribution in [2.45, 2.75) is 0 Å². The Bertz CT molecular complexity index is 383. The molecular formula is C6HBr2Cl2NO2. The summed E-state index contributed by atoms with van der Waals surface area (Å²) >= 11 is 17.5. The van der Waals surface area contributed by atoms with Crippen LogP contribution in [0.25, 0.3) is 0 Å². The van der Waals surface area contributed by atoms with Crippen molar-refractivity contribution >= 4 is 60.7 Å². The summed E-state index contributed by atoms with van der Waals surface area (Å²) in [4.78, 5) is 9.95. The molecule has 0 heterocycles. The number of halogens is 4. The van der Waals surface area contributed by atoms with E-state index in [4.69, 9.17) is 23.2 Å². The number of nitro groups is 1. The molecule has 0 bridgehead atoms. The highest BCUT2D eigenvalue weighted by Crippen LogP contribution is 2.41. The fraction of sp³-hybridized carbons (Fsp3) is 0. The summed E-state index contributed by atoms with van der Waals surface area (Å²) in [5, 5.41) is 10.9. The van der Waals surface area contributed by atoms with E-state index in [1.807, 2.05) is 0 Å². The normalized spacial score (nSPS) is 10.2. The molecule has 7 heteroatoms. The molecule has 0 fully saturated rings. The van der Waals surface area contributed by atoms with Gasteiger partial charge in [-0.05, 0) is 31.9 Å². The lowest BCUT2D eigenvalue weighted by molar-refractivity contribution is -0.385. The molecule has 0 unspecified atom stereocenters. The third-order valence-corrected chi connectivity index (χ3v) is 4.42. The van der Waals surface area contributed by atoms with Crippen molar-refractivity contribution in [2.75, 3.05) is 0 Å². The molecule has 0 saturated carbocycles. The second kappa shape index (κ2) is 4.13. The third-order valence-electron chi connectivity index (χ3n) is 1.28. The maximum atomic E-state index is 10.5. The molecule has 1 aromatic rings. The third kappa shape index (κ3) is 2.15. The Hall–Kier alpha value is 0.160. The Balaban J connectivity index is 3.50. The van der Waals surface area contributed by atoms with E-state index in [0.717, 1.165) is 0 Å². The van der Waals surface area contributed by atoms with Gasteiger partial charge >= 0.3 is 0 Å². The minimum Gasteiger partial charge on any atom is -0.258 e. The van der Waals surface area contributed by atoms with Crippen LogP contribution in [0.5, 0.6) is 0 Å². The van der Waals surface area contributed by atoms with Gasteiger partial charge in [-0.3, -0.25) is 10.1 Å². The van der Waals surface area contributed by atoms with Crippen LogP contribution in [-0.4, -0.2) is 4.92 Å². The monoisotopic (exact) mass is 347 g/mol. The van der Waals surface area contributed by atoms with Gasteiger partial charge in [0.15, 0.2) is 0 Å². The highest BCUT2D eigenvalue weighted by atomic mass is 79.9. The van der Waals surface area contributed by atoms with Crippen LogP contribution in [0.1, 0.15) is 0 Å². The van der Waals surface area contributed by atoms with Crippen molar-refractivity contribution in [2.24, 2.45) is 0 Å². The molecule has 0 spiro atoms. The van der Waals surface area contributed by atoms with Crippen LogP contribution in [-0.2, 0) is 0 Å². The first-order chi connectivity index (χ1) is 5.95. The van der Waals surface area contributed by atoms with Crippen LogP contribution in [0.2, 0.25) is 10.0 Å². The summed E-state index contributed by atoms with van der Waals surface area (Å²) in [7, 11) is 0. The molecule has 3 nitrogen and oxygen atoms in total. The number of hydrogen-bond acceptors (Lipinski definition) is 2. The van der Waals surface area contributed by atoms with Gasteiger partial charge < -0.3 is 0 Å². The van der Waals surface area contributed by atoms with Crippen LogP contribution in [0.4, 0.5) is 5.69 Å². The molecule has 0 aliphatic carbocycles. The van der Waals surface area contributed by atoms with E-state index < -0.39 is 4.92 Å². The van der Waals surface area contributed by atoms with Crippen molar-refractivity contribution in [1.82, 2.24) is 0 Å². The Morgan fingerprint density at radius 1 is 1.31 bits per heavy atom. The molecule has 0 amide bonds. The smallest absolute Gasteiger partial charge is 0.258 e. The Kier molecular flexibility index (Phi) is 3.57. The number of hydrogen-bond donors (Lipinski definition) is 0. The van der Waals surface area contributed by atoms with Crippen molar-refractivity contribution in [3.8, 4) is 0 Å². The first-order valence-corrected chi connectivity index (χ1v) is 5.26. The van der Waals surface area contributed by atoms with Gasteiger partial charge in [-0.15, -0.1) is 0 Å². The first kappa shape index (κ1) is 11.2. The Morgan fingerprint density at radius 2 is 1.85 bits per heavy atom. The molecule has 70 valence electrons. The summed E-state index contributed by atoms with van der Waals surface area (Å²) in [6.07, 6.45) is 0. The highest BCUT2D eigenvalue weighted by molar-refractivity contribution is 9.13. The van der Waals surface area contributed by atoms with Gasteiger partial charge in [0.05, 0.1) is 19.4 Å². The van der Waals surface area contributed by atoms with Gasteiger partial charge in [-0.1, -0.05) is 23.2 Å². The fourth-order valence-electron chi connectivity index (χ4n) is 0.693. The van der Waals surface area contributed by atoms with Crippen molar-refractivity contribution < 1.29 is 4.92 Å². The van der Waals surface area contributed by atoms with Crippen LogP contribution in [0, 0.1) is 10.1 Å². The molecule has 1 rings (SSSR count). The van der Waals surface area contributed by atoms with E-state index >= 15 is 0 Å². The van der Waals surface area contributed by atoms with Crippen molar-refractivity contribution in [3.63, 3.8) is 0 Å². The average molecular weight is 350 g/mol. The predicted molar refractivity (Wildman–Crippen MR) is 58.5 cm³/mol. The summed E-state index contributed by atoms with van der Waals surface area (Å²) in [6, 6.07) is 1.19. The zero-order valence-electron chi connectivity index (χ0n) is 5.85. The van der Waals surface area contributed by atoms with Crippen LogP contribution in [0.15, 0.2) is 15.0 Å². The SMILES string of the molecule is O=[N+]([O-])c1cc(Cl)c(Cl)c(Br)c1Br. The van der Waals surface area contributed by atoms with Gasteiger partial charge in [-0.25, -0.2) is 0 Å². The van der Waals surface area contributed by atoms with Gasteiger partial charge in [0.25, 0.3) is 5.69 Å². The molecule has 0 saturated heterocycles. The summed E-state index contributed by atoms with van der Waals surface area (Å²) in [6.45, 7) is 0. The molecule has 1 aromatic carbocycles. The minimum atomic E-state index is -0.545. The number of rotatable bonds is 1. The lowest BCUT2D eigenvalue weighted by atomic mass is 10.3. The van der Waals surface area contributed by atoms with E-state index in [9.17, 15) is 10.1 Å². The van der Waals surface area contributed by atoms with Crippen LogP contribution < -0.4 is 0 Å². The fourth-order valence-corrected chi connectivity index (χ4v) is 2.14. The second-order valence-corrected chi connectivity index (χ2v) is 4.45. The Morgan fingerprint density at radius 3 is 2.31 bits per heavy atom. The van der Waals surface area contributed by atoms with E-state index in [2.05, 4.69) is 31.9 Å². The molecule has 0 aliphatic rings.